The number of carbonyl (C=O) groups is 1. The molecule has 0 unspecified atom stereocenters. The highest BCUT2D eigenvalue weighted by atomic mass is 16.4. The van der Waals surface area contributed by atoms with Crippen LogP contribution in [0.5, 0.6) is 0 Å². The molecule has 0 radical (unpaired) electrons. The maximum absolute atomic E-state index is 12.8. The van der Waals surface area contributed by atoms with Crippen molar-refractivity contribution in [3.63, 3.8) is 0 Å². The van der Waals surface area contributed by atoms with Gasteiger partial charge in [0.2, 0.25) is 17.7 Å². The molecular formula is C19H31N5O2. The summed E-state index contributed by atoms with van der Waals surface area (Å²) in [6.07, 6.45) is 6.92. The highest BCUT2D eigenvalue weighted by molar-refractivity contribution is 5.79. The van der Waals surface area contributed by atoms with Gasteiger partial charge in [0.1, 0.15) is 0 Å². The monoisotopic (exact) mass is 361 g/mol. The minimum Gasteiger partial charge on any atom is -0.424 e. The van der Waals surface area contributed by atoms with Crippen LogP contribution < -0.4 is 0 Å². The predicted octanol–water partition coefficient (Wildman–Crippen LogP) is 1.68. The van der Waals surface area contributed by atoms with Gasteiger partial charge in [-0.05, 0) is 45.1 Å². The van der Waals surface area contributed by atoms with E-state index >= 15 is 0 Å². The van der Waals surface area contributed by atoms with E-state index in [1.165, 1.54) is 12.8 Å². The molecule has 0 aromatic carbocycles. The van der Waals surface area contributed by atoms with Crippen molar-refractivity contribution in [3.05, 3.63) is 11.8 Å². The summed E-state index contributed by atoms with van der Waals surface area (Å²) in [6.45, 7) is 8.77. The van der Waals surface area contributed by atoms with Gasteiger partial charge in [-0.3, -0.25) is 14.6 Å². The van der Waals surface area contributed by atoms with E-state index in [4.69, 9.17) is 4.42 Å². The lowest BCUT2D eigenvalue weighted by Gasteiger charge is -2.42. The fourth-order valence-electron chi connectivity index (χ4n) is 4.77. The standard InChI is InChI=1S/C19H31N5O2/c1-15-20-21-18(26-15)14-22-11-6-17(7-12-22)24-10-4-5-16(13-24)19(25)23-8-2-3-9-23/h16-17H,2-14H2,1H3/t16-/m0/s1. The molecule has 3 aliphatic heterocycles. The lowest BCUT2D eigenvalue weighted by atomic mass is 9.93. The number of nitrogens with zero attached hydrogens (tertiary/aromatic N) is 5. The summed E-state index contributed by atoms with van der Waals surface area (Å²) in [6, 6.07) is 0.616. The molecule has 7 nitrogen and oxygen atoms in total. The van der Waals surface area contributed by atoms with Crippen LogP contribution in [0, 0.1) is 12.8 Å². The number of aryl methyl sites for hydroxylation is 1. The Morgan fingerprint density at radius 3 is 2.50 bits per heavy atom. The quantitative estimate of drug-likeness (QED) is 0.813. The molecule has 7 heteroatoms. The Bertz CT molecular complexity index is 605. The van der Waals surface area contributed by atoms with E-state index < -0.39 is 0 Å². The summed E-state index contributed by atoms with van der Waals surface area (Å²) in [4.78, 5) is 19.9. The molecule has 1 amide bonds. The molecule has 26 heavy (non-hydrogen) atoms. The second kappa shape index (κ2) is 8.05. The number of aromatic nitrogens is 2. The van der Waals surface area contributed by atoms with Crippen molar-refractivity contribution in [1.82, 2.24) is 24.9 Å². The van der Waals surface area contributed by atoms with Crippen molar-refractivity contribution >= 4 is 5.91 Å². The summed E-state index contributed by atoms with van der Waals surface area (Å²) < 4.78 is 5.50. The molecule has 1 aromatic heterocycles. The Morgan fingerprint density at radius 1 is 1.04 bits per heavy atom. The van der Waals surface area contributed by atoms with Crippen LogP contribution in [0.25, 0.3) is 0 Å². The Labute approximate surface area is 155 Å². The fraction of sp³-hybridized carbons (Fsp3) is 0.842. The third-order valence-corrected chi connectivity index (χ3v) is 6.22. The SMILES string of the molecule is Cc1nnc(CN2CCC(N3CCC[C@H](C(=O)N4CCCC4)C3)CC2)o1. The third kappa shape index (κ3) is 4.09. The lowest BCUT2D eigenvalue weighted by Crippen LogP contribution is -2.51. The van der Waals surface area contributed by atoms with E-state index in [1.807, 2.05) is 6.92 Å². The number of amides is 1. The normalized spacial score (nSPS) is 26.5. The van der Waals surface area contributed by atoms with Crippen LogP contribution in [0.3, 0.4) is 0 Å². The number of carbonyl (C=O) groups excluding carboxylic acids is 1. The second-order valence-electron chi connectivity index (χ2n) is 8.09. The molecule has 3 fully saturated rings. The van der Waals surface area contributed by atoms with Gasteiger partial charge < -0.3 is 9.32 Å². The molecule has 144 valence electrons. The van der Waals surface area contributed by atoms with Crippen molar-refractivity contribution < 1.29 is 9.21 Å². The summed E-state index contributed by atoms with van der Waals surface area (Å²) in [5.41, 5.74) is 0. The van der Waals surface area contributed by atoms with E-state index in [9.17, 15) is 4.79 Å². The molecule has 4 rings (SSSR count). The number of rotatable bonds is 4. The zero-order valence-corrected chi connectivity index (χ0v) is 15.9. The third-order valence-electron chi connectivity index (χ3n) is 6.22. The van der Waals surface area contributed by atoms with Crippen molar-refractivity contribution in [2.24, 2.45) is 5.92 Å². The van der Waals surface area contributed by atoms with Gasteiger partial charge in [0.05, 0.1) is 12.5 Å². The maximum atomic E-state index is 12.8. The maximum Gasteiger partial charge on any atom is 0.230 e. The molecule has 3 saturated heterocycles. The molecule has 3 aliphatic rings. The van der Waals surface area contributed by atoms with Gasteiger partial charge in [0, 0.05) is 45.7 Å². The zero-order valence-electron chi connectivity index (χ0n) is 15.9. The summed E-state index contributed by atoms with van der Waals surface area (Å²) in [5, 5.41) is 8.02. The predicted molar refractivity (Wildman–Crippen MR) is 97.4 cm³/mol. The van der Waals surface area contributed by atoms with Gasteiger partial charge in [-0.2, -0.15) is 0 Å². The summed E-state index contributed by atoms with van der Waals surface area (Å²) >= 11 is 0. The van der Waals surface area contributed by atoms with Crippen molar-refractivity contribution in [2.75, 3.05) is 39.3 Å². The van der Waals surface area contributed by atoms with Crippen molar-refractivity contribution in [2.45, 2.75) is 58.0 Å². The average molecular weight is 361 g/mol. The Morgan fingerprint density at radius 2 is 1.81 bits per heavy atom. The van der Waals surface area contributed by atoms with E-state index in [0.717, 1.165) is 77.4 Å². The first-order chi connectivity index (χ1) is 12.7. The van der Waals surface area contributed by atoms with Crippen molar-refractivity contribution in [3.8, 4) is 0 Å². The molecular weight excluding hydrogens is 330 g/mol. The molecule has 0 spiro atoms. The van der Waals surface area contributed by atoms with Crippen LogP contribution in [0.2, 0.25) is 0 Å². The van der Waals surface area contributed by atoms with Crippen LogP contribution in [-0.2, 0) is 11.3 Å². The van der Waals surface area contributed by atoms with Crippen LogP contribution in [0.1, 0.15) is 50.3 Å². The van der Waals surface area contributed by atoms with Gasteiger partial charge in [0.15, 0.2) is 0 Å². The summed E-state index contributed by atoms with van der Waals surface area (Å²) in [5.74, 6) is 1.99. The molecule has 0 saturated carbocycles. The fourth-order valence-corrected chi connectivity index (χ4v) is 4.77. The molecule has 0 aliphatic carbocycles. The Kier molecular flexibility index (Phi) is 5.55. The van der Waals surface area contributed by atoms with Crippen LogP contribution in [0.4, 0.5) is 0 Å². The minimum absolute atomic E-state index is 0.223. The molecule has 1 atom stereocenters. The topological polar surface area (TPSA) is 65.7 Å². The molecule has 4 heterocycles. The first-order valence-electron chi connectivity index (χ1n) is 10.2. The Hall–Kier alpha value is -1.47. The number of piperidine rings is 2. The van der Waals surface area contributed by atoms with Crippen LogP contribution in [0.15, 0.2) is 4.42 Å². The van der Waals surface area contributed by atoms with Crippen LogP contribution in [-0.4, -0.2) is 76.1 Å². The van der Waals surface area contributed by atoms with E-state index in [1.54, 1.807) is 0 Å². The van der Waals surface area contributed by atoms with Crippen LogP contribution >= 0.6 is 0 Å². The first kappa shape index (κ1) is 17.9. The van der Waals surface area contributed by atoms with Gasteiger partial charge in [-0.25, -0.2) is 0 Å². The number of likely N-dealkylation sites (tertiary alicyclic amines) is 3. The largest absolute Gasteiger partial charge is 0.424 e. The summed E-state index contributed by atoms with van der Waals surface area (Å²) in [7, 11) is 0. The molecule has 1 aromatic rings. The minimum atomic E-state index is 0.223. The van der Waals surface area contributed by atoms with E-state index in [0.29, 0.717) is 17.8 Å². The van der Waals surface area contributed by atoms with Crippen molar-refractivity contribution in [1.29, 1.82) is 0 Å². The lowest BCUT2D eigenvalue weighted by molar-refractivity contribution is -0.136. The smallest absolute Gasteiger partial charge is 0.230 e. The van der Waals surface area contributed by atoms with Gasteiger partial charge in [-0.1, -0.05) is 0 Å². The van der Waals surface area contributed by atoms with Gasteiger partial charge >= 0.3 is 0 Å². The average Bonchev–Trinajstić information content (AvgIpc) is 3.34. The highest BCUT2D eigenvalue weighted by Crippen LogP contribution is 2.26. The number of hydrogen-bond donors (Lipinski definition) is 0. The zero-order chi connectivity index (χ0) is 17.9. The molecule has 0 N–H and O–H groups in total. The van der Waals surface area contributed by atoms with E-state index in [2.05, 4.69) is 24.9 Å². The first-order valence-corrected chi connectivity index (χ1v) is 10.2. The second-order valence-corrected chi connectivity index (χ2v) is 8.09. The highest BCUT2D eigenvalue weighted by Gasteiger charge is 2.34. The molecule has 0 bridgehead atoms. The van der Waals surface area contributed by atoms with Gasteiger partial charge in [-0.15, -0.1) is 10.2 Å². The van der Waals surface area contributed by atoms with E-state index in [-0.39, 0.29) is 5.92 Å². The Balaban J connectivity index is 1.26. The number of hydrogen-bond acceptors (Lipinski definition) is 6. The van der Waals surface area contributed by atoms with Gasteiger partial charge in [0.25, 0.3) is 0 Å².